The number of esters is 1. The van der Waals surface area contributed by atoms with Gasteiger partial charge in [-0.15, -0.1) is 0 Å². The Hall–Kier alpha value is -2.44. The third kappa shape index (κ3) is 3.41. The Morgan fingerprint density at radius 2 is 1.95 bits per heavy atom. The van der Waals surface area contributed by atoms with E-state index < -0.39 is 17.0 Å². The van der Waals surface area contributed by atoms with Crippen molar-refractivity contribution in [2.45, 2.75) is 32.8 Å². The first-order valence-electron chi connectivity index (χ1n) is 7.15. The van der Waals surface area contributed by atoms with Crippen LogP contribution in [0.1, 0.15) is 35.7 Å². The van der Waals surface area contributed by atoms with Crippen LogP contribution in [0.3, 0.4) is 0 Å². The number of nitro groups is 1. The van der Waals surface area contributed by atoms with Gasteiger partial charge in [0.2, 0.25) is 0 Å². The molecule has 0 unspecified atom stereocenters. The highest BCUT2D eigenvalue weighted by atomic mass is 16.6. The number of carbonyl (C=O) groups excluding carboxylic acids is 2. The van der Waals surface area contributed by atoms with E-state index in [0.717, 1.165) is 12.8 Å². The lowest BCUT2D eigenvalue weighted by molar-refractivity contribution is -0.385. The van der Waals surface area contributed by atoms with E-state index in [1.165, 1.54) is 25.1 Å². The minimum absolute atomic E-state index is 0.0576. The van der Waals surface area contributed by atoms with Gasteiger partial charge in [-0.1, -0.05) is 0 Å². The van der Waals surface area contributed by atoms with E-state index >= 15 is 0 Å². The molecule has 118 valence electrons. The Labute approximate surface area is 128 Å². The fraction of sp³-hybridized carbons (Fsp3) is 0.467. The summed E-state index contributed by atoms with van der Waals surface area (Å²) in [7, 11) is 0. The van der Waals surface area contributed by atoms with Crippen molar-refractivity contribution in [2.75, 3.05) is 13.1 Å². The van der Waals surface area contributed by atoms with Gasteiger partial charge in [0.15, 0.2) is 6.10 Å². The molecule has 0 aliphatic carbocycles. The normalized spacial score (nSPS) is 15.5. The van der Waals surface area contributed by atoms with Gasteiger partial charge in [-0.3, -0.25) is 14.9 Å². The molecule has 7 nitrogen and oxygen atoms in total. The zero-order valence-corrected chi connectivity index (χ0v) is 12.6. The van der Waals surface area contributed by atoms with E-state index in [9.17, 15) is 19.7 Å². The largest absolute Gasteiger partial charge is 0.449 e. The molecule has 0 N–H and O–H groups in total. The number of likely N-dealkylation sites (tertiary alicyclic amines) is 1. The van der Waals surface area contributed by atoms with Crippen LogP contribution in [-0.2, 0) is 9.53 Å². The van der Waals surface area contributed by atoms with Gasteiger partial charge >= 0.3 is 5.97 Å². The Morgan fingerprint density at radius 3 is 2.50 bits per heavy atom. The summed E-state index contributed by atoms with van der Waals surface area (Å²) in [6.07, 6.45) is 1.07. The predicted molar refractivity (Wildman–Crippen MR) is 78.5 cm³/mol. The van der Waals surface area contributed by atoms with Crippen molar-refractivity contribution >= 4 is 17.6 Å². The van der Waals surface area contributed by atoms with Crippen molar-refractivity contribution in [3.05, 3.63) is 39.4 Å². The fourth-order valence-electron chi connectivity index (χ4n) is 2.46. The monoisotopic (exact) mass is 306 g/mol. The molecule has 7 heteroatoms. The number of hydrogen-bond acceptors (Lipinski definition) is 5. The lowest BCUT2D eigenvalue weighted by Crippen LogP contribution is -2.38. The smallest absolute Gasteiger partial charge is 0.338 e. The van der Waals surface area contributed by atoms with E-state index in [0.29, 0.717) is 18.7 Å². The van der Waals surface area contributed by atoms with Crippen molar-refractivity contribution in [1.29, 1.82) is 0 Å². The number of aryl methyl sites for hydroxylation is 1. The van der Waals surface area contributed by atoms with Crippen LogP contribution >= 0.6 is 0 Å². The van der Waals surface area contributed by atoms with Crippen LogP contribution in [0.4, 0.5) is 5.69 Å². The Kier molecular flexibility index (Phi) is 4.75. The number of ether oxygens (including phenoxy) is 1. The van der Waals surface area contributed by atoms with Gasteiger partial charge in [0.25, 0.3) is 11.6 Å². The summed E-state index contributed by atoms with van der Waals surface area (Å²) >= 11 is 0. The number of carbonyl (C=O) groups is 2. The maximum atomic E-state index is 12.1. The zero-order chi connectivity index (χ0) is 16.3. The van der Waals surface area contributed by atoms with Gasteiger partial charge in [-0.25, -0.2) is 4.79 Å². The third-order valence-corrected chi connectivity index (χ3v) is 3.68. The van der Waals surface area contributed by atoms with E-state index in [1.54, 1.807) is 11.8 Å². The highest BCUT2D eigenvalue weighted by molar-refractivity contribution is 5.92. The standard InChI is InChI=1S/C15H18N2O5/c1-10-9-12(5-6-13(10)17(20)21)15(19)22-11(2)14(18)16-7-3-4-8-16/h5-6,9,11H,3-4,7-8H2,1-2H3/t11-/m1/s1. The number of nitrogens with zero attached hydrogens (tertiary/aromatic N) is 2. The molecule has 2 rings (SSSR count). The molecule has 0 saturated carbocycles. The average Bonchev–Trinajstić information content (AvgIpc) is 2.99. The second kappa shape index (κ2) is 6.55. The molecular formula is C15H18N2O5. The first-order chi connectivity index (χ1) is 10.4. The molecule has 0 spiro atoms. The molecule has 0 aromatic heterocycles. The Balaban J connectivity index is 2.03. The van der Waals surface area contributed by atoms with Crippen LogP contribution in [0.25, 0.3) is 0 Å². The molecule has 22 heavy (non-hydrogen) atoms. The summed E-state index contributed by atoms with van der Waals surface area (Å²) in [6, 6.07) is 3.99. The van der Waals surface area contributed by atoms with Crippen LogP contribution < -0.4 is 0 Å². The summed E-state index contributed by atoms with van der Waals surface area (Å²) in [5.74, 6) is -0.859. The van der Waals surface area contributed by atoms with Gasteiger partial charge in [0, 0.05) is 24.7 Å². The quantitative estimate of drug-likeness (QED) is 0.482. The minimum atomic E-state index is -0.860. The third-order valence-electron chi connectivity index (χ3n) is 3.68. The number of hydrogen-bond donors (Lipinski definition) is 0. The fourth-order valence-corrected chi connectivity index (χ4v) is 2.46. The van der Waals surface area contributed by atoms with Crippen LogP contribution in [0.15, 0.2) is 18.2 Å². The second-order valence-electron chi connectivity index (χ2n) is 5.34. The minimum Gasteiger partial charge on any atom is -0.449 e. The summed E-state index contributed by atoms with van der Waals surface area (Å²) in [5, 5.41) is 10.8. The van der Waals surface area contributed by atoms with Gasteiger partial charge in [-0.2, -0.15) is 0 Å². The molecule has 1 aliphatic heterocycles. The Bertz CT molecular complexity index is 608. The highest BCUT2D eigenvalue weighted by Crippen LogP contribution is 2.20. The van der Waals surface area contributed by atoms with E-state index in [1.807, 2.05) is 0 Å². The Morgan fingerprint density at radius 1 is 1.32 bits per heavy atom. The molecular weight excluding hydrogens is 288 g/mol. The van der Waals surface area contributed by atoms with Crippen LogP contribution in [-0.4, -0.2) is 40.9 Å². The molecule has 1 aromatic carbocycles. The van der Waals surface area contributed by atoms with Crippen LogP contribution in [0.5, 0.6) is 0 Å². The van der Waals surface area contributed by atoms with Crippen molar-refractivity contribution in [3.63, 3.8) is 0 Å². The van der Waals surface area contributed by atoms with E-state index in [2.05, 4.69) is 0 Å². The SMILES string of the molecule is Cc1cc(C(=O)O[C@H](C)C(=O)N2CCCC2)ccc1[N+](=O)[O-]. The molecule has 1 fully saturated rings. The number of rotatable bonds is 4. The molecule has 1 atom stereocenters. The second-order valence-corrected chi connectivity index (χ2v) is 5.34. The molecule has 0 radical (unpaired) electrons. The zero-order valence-electron chi connectivity index (χ0n) is 12.6. The van der Waals surface area contributed by atoms with Gasteiger partial charge < -0.3 is 9.64 Å². The number of nitro benzene ring substituents is 1. The van der Waals surface area contributed by atoms with Crippen molar-refractivity contribution < 1.29 is 19.2 Å². The molecule has 1 heterocycles. The molecule has 1 saturated heterocycles. The van der Waals surface area contributed by atoms with Gasteiger partial charge in [0.05, 0.1) is 10.5 Å². The summed E-state index contributed by atoms with van der Waals surface area (Å²) < 4.78 is 5.17. The lowest BCUT2D eigenvalue weighted by atomic mass is 10.1. The van der Waals surface area contributed by atoms with Gasteiger partial charge in [-0.05, 0) is 38.8 Å². The lowest BCUT2D eigenvalue weighted by Gasteiger charge is -2.20. The summed E-state index contributed by atoms with van der Waals surface area (Å²) in [6.45, 7) is 4.47. The first kappa shape index (κ1) is 15.9. The van der Waals surface area contributed by atoms with Crippen LogP contribution in [0, 0.1) is 17.0 Å². The molecule has 0 bridgehead atoms. The summed E-state index contributed by atoms with van der Waals surface area (Å²) in [4.78, 5) is 36.1. The number of amides is 1. The van der Waals surface area contributed by atoms with E-state index in [4.69, 9.17) is 4.74 Å². The molecule has 1 aromatic rings. The topological polar surface area (TPSA) is 89.8 Å². The molecule has 1 amide bonds. The summed E-state index contributed by atoms with van der Waals surface area (Å²) in [5.41, 5.74) is 0.514. The predicted octanol–water partition coefficient (Wildman–Crippen LogP) is 2.07. The highest BCUT2D eigenvalue weighted by Gasteiger charge is 2.26. The maximum Gasteiger partial charge on any atom is 0.338 e. The first-order valence-corrected chi connectivity index (χ1v) is 7.15. The van der Waals surface area contributed by atoms with Gasteiger partial charge in [0.1, 0.15) is 0 Å². The van der Waals surface area contributed by atoms with Crippen molar-refractivity contribution in [3.8, 4) is 0 Å². The molecule has 1 aliphatic rings. The van der Waals surface area contributed by atoms with Crippen molar-refractivity contribution in [2.24, 2.45) is 0 Å². The van der Waals surface area contributed by atoms with Crippen LogP contribution in [0.2, 0.25) is 0 Å². The van der Waals surface area contributed by atoms with Crippen molar-refractivity contribution in [1.82, 2.24) is 4.90 Å². The van der Waals surface area contributed by atoms with E-state index in [-0.39, 0.29) is 17.2 Å². The average molecular weight is 306 g/mol. The maximum absolute atomic E-state index is 12.1. The number of benzene rings is 1.